The molecule has 2 aromatic rings. The van der Waals surface area contributed by atoms with Crippen LogP contribution < -0.4 is 9.80 Å². The third-order valence-electron chi connectivity index (χ3n) is 8.02. The molecule has 2 unspecified atom stereocenters. The average molecular weight is 448 g/mol. The van der Waals surface area contributed by atoms with Crippen LogP contribution in [0.3, 0.4) is 0 Å². The number of benzene rings is 2. The van der Waals surface area contributed by atoms with E-state index in [-0.39, 0.29) is 5.82 Å². The topological polar surface area (TPSA) is 30.3 Å². The Hall–Kier alpha value is -2.54. The maximum absolute atomic E-state index is 15.1. The number of para-hydroxylation sites is 1. The van der Waals surface area contributed by atoms with E-state index in [9.17, 15) is 5.26 Å². The molecule has 0 aliphatic carbocycles. The van der Waals surface area contributed by atoms with E-state index in [2.05, 4.69) is 48.8 Å². The van der Waals surface area contributed by atoms with Gasteiger partial charge in [-0.05, 0) is 85.6 Å². The first-order chi connectivity index (χ1) is 16.0. The Balaban J connectivity index is 1.34. The largest absolute Gasteiger partial charge is 0.370 e. The minimum atomic E-state index is -0.0629. The van der Waals surface area contributed by atoms with Crippen molar-refractivity contribution in [2.75, 3.05) is 36.0 Å². The van der Waals surface area contributed by atoms with Gasteiger partial charge in [-0.25, -0.2) is 4.39 Å². The van der Waals surface area contributed by atoms with Gasteiger partial charge in [0.05, 0.1) is 16.9 Å². The zero-order valence-electron chi connectivity index (χ0n) is 20.4. The maximum atomic E-state index is 15.1. The van der Waals surface area contributed by atoms with Crippen LogP contribution in [-0.2, 0) is 6.42 Å². The molecule has 2 saturated heterocycles. The molecule has 0 amide bonds. The van der Waals surface area contributed by atoms with Crippen molar-refractivity contribution < 1.29 is 4.39 Å². The first kappa shape index (κ1) is 23.6. The zero-order valence-corrected chi connectivity index (χ0v) is 20.4. The molecule has 33 heavy (non-hydrogen) atoms. The Bertz CT molecular complexity index is 971. The van der Waals surface area contributed by atoms with E-state index in [4.69, 9.17) is 0 Å². The lowest BCUT2D eigenvalue weighted by Crippen LogP contribution is -2.38. The van der Waals surface area contributed by atoms with Crippen molar-refractivity contribution in [3.8, 4) is 6.07 Å². The van der Waals surface area contributed by atoms with Gasteiger partial charge in [-0.1, -0.05) is 39.0 Å². The summed E-state index contributed by atoms with van der Waals surface area (Å²) in [5.41, 5.74) is 3.70. The summed E-state index contributed by atoms with van der Waals surface area (Å²) in [4.78, 5) is 4.60. The van der Waals surface area contributed by atoms with Gasteiger partial charge < -0.3 is 9.80 Å². The highest BCUT2D eigenvalue weighted by Crippen LogP contribution is 2.33. The second kappa shape index (κ2) is 10.6. The molecule has 4 rings (SSSR count). The van der Waals surface area contributed by atoms with Crippen LogP contribution in [0.2, 0.25) is 0 Å². The number of anilines is 2. The van der Waals surface area contributed by atoms with Gasteiger partial charge in [-0.15, -0.1) is 0 Å². The van der Waals surface area contributed by atoms with Crippen LogP contribution in [0.5, 0.6) is 0 Å². The van der Waals surface area contributed by atoms with Crippen LogP contribution in [0.1, 0.15) is 57.6 Å². The number of rotatable bonds is 6. The molecule has 3 nitrogen and oxygen atoms in total. The predicted octanol–water partition coefficient (Wildman–Crippen LogP) is 6.66. The first-order valence-electron chi connectivity index (χ1n) is 12.7. The highest BCUT2D eigenvalue weighted by atomic mass is 19.1. The highest BCUT2D eigenvalue weighted by molar-refractivity contribution is 5.59. The Kier molecular flexibility index (Phi) is 7.58. The Morgan fingerprint density at radius 1 is 0.939 bits per heavy atom. The number of halogens is 1. The fraction of sp³-hybridized carbons (Fsp3) is 0.552. The summed E-state index contributed by atoms with van der Waals surface area (Å²) in [7, 11) is 0. The first-order valence-corrected chi connectivity index (χ1v) is 12.7. The normalized spacial score (nSPS) is 20.7. The molecule has 2 aliphatic rings. The van der Waals surface area contributed by atoms with E-state index in [0.29, 0.717) is 23.7 Å². The van der Waals surface area contributed by atoms with Crippen molar-refractivity contribution >= 4 is 11.4 Å². The van der Waals surface area contributed by atoms with E-state index >= 15 is 4.39 Å². The van der Waals surface area contributed by atoms with Crippen LogP contribution in [0, 0.1) is 40.8 Å². The summed E-state index contributed by atoms with van der Waals surface area (Å²) in [6, 6.07) is 16.1. The van der Waals surface area contributed by atoms with Gasteiger partial charge in [-0.3, -0.25) is 0 Å². The van der Waals surface area contributed by atoms with Gasteiger partial charge in [0.25, 0.3) is 0 Å². The molecule has 2 atom stereocenters. The fourth-order valence-corrected chi connectivity index (χ4v) is 5.80. The summed E-state index contributed by atoms with van der Waals surface area (Å²) >= 11 is 0. The molecule has 4 heteroatoms. The fourth-order valence-electron chi connectivity index (χ4n) is 5.80. The van der Waals surface area contributed by atoms with Crippen LogP contribution >= 0.6 is 0 Å². The summed E-state index contributed by atoms with van der Waals surface area (Å²) in [5.74, 6) is 2.39. The second-order valence-electron chi connectivity index (χ2n) is 10.5. The van der Waals surface area contributed by atoms with Crippen LogP contribution in [0.4, 0.5) is 15.8 Å². The molecule has 0 bridgehead atoms. The molecule has 0 spiro atoms. The van der Waals surface area contributed by atoms with Gasteiger partial charge >= 0.3 is 0 Å². The molecular weight excluding hydrogens is 409 g/mol. The monoisotopic (exact) mass is 447 g/mol. The third kappa shape index (κ3) is 5.52. The van der Waals surface area contributed by atoms with Crippen molar-refractivity contribution in [3.63, 3.8) is 0 Å². The SMILES string of the molecule is CC(C)C1CCCN(c2ccc(CC(C)C3CCN(c4ccccc4C#N)CC3)cc2F)C1. The summed E-state index contributed by atoms with van der Waals surface area (Å²) < 4.78 is 15.1. The lowest BCUT2D eigenvalue weighted by molar-refractivity contribution is 0.291. The molecule has 2 aliphatic heterocycles. The number of piperidine rings is 2. The quantitative estimate of drug-likeness (QED) is 0.496. The molecule has 176 valence electrons. The molecule has 0 N–H and O–H groups in total. The van der Waals surface area contributed by atoms with Gasteiger partial charge in [0.2, 0.25) is 0 Å². The number of hydrogen-bond acceptors (Lipinski definition) is 3. The lowest BCUT2D eigenvalue weighted by atomic mass is 9.81. The molecule has 0 radical (unpaired) electrons. The Morgan fingerprint density at radius 2 is 1.70 bits per heavy atom. The molecule has 2 fully saturated rings. The smallest absolute Gasteiger partial charge is 0.146 e. The van der Waals surface area contributed by atoms with E-state index in [1.54, 1.807) is 6.07 Å². The standard InChI is InChI=1S/C29H38FN3/c1-21(2)26-8-6-14-33(20-26)29-11-10-23(18-27(29)30)17-22(3)24-12-15-32(16-13-24)28-9-5-4-7-25(28)19-31/h4-5,7,9-11,18,21-22,24,26H,6,8,12-17,20H2,1-3H3. The minimum absolute atomic E-state index is 0.0629. The number of nitrogens with zero attached hydrogens (tertiary/aromatic N) is 3. The summed E-state index contributed by atoms with van der Waals surface area (Å²) in [6.45, 7) is 10.8. The average Bonchev–Trinajstić information content (AvgIpc) is 2.84. The summed E-state index contributed by atoms with van der Waals surface area (Å²) in [6.07, 6.45) is 5.56. The number of nitriles is 1. The Morgan fingerprint density at radius 3 is 2.39 bits per heavy atom. The van der Waals surface area contributed by atoms with Crippen molar-refractivity contribution in [1.82, 2.24) is 0 Å². The molecule has 2 heterocycles. The predicted molar refractivity (Wildman–Crippen MR) is 135 cm³/mol. The third-order valence-corrected chi connectivity index (χ3v) is 8.02. The van der Waals surface area contributed by atoms with Crippen molar-refractivity contribution in [1.29, 1.82) is 5.26 Å². The van der Waals surface area contributed by atoms with Crippen molar-refractivity contribution in [3.05, 3.63) is 59.4 Å². The highest BCUT2D eigenvalue weighted by Gasteiger charge is 2.27. The van der Waals surface area contributed by atoms with Gasteiger partial charge in [0.15, 0.2) is 0 Å². The van der Waals surface area contributed by atoms with E-state index in [1.165, 1.54) is 6.42 Å². The minimum Gasteiger partial charge on any atom is -0.370 e. The van der Waals surface area contributed by atoms with Gasteiger partial charge in [-0.2, -0.15) is 5.26 Å². The maximum Gasteiger partial charge on any atom is 0.146 e. The number of hydrogen-bond donors (Lipinski definition) is 0. The van der Waals surface area contributed by atoms with Crippen molar-refractivity contribution in [2.24, 2.45) is 23.7 Å². The van der Waals surface area contributed by atoms with E-state index in [1.807, 2.05) is 24.3 Å². The molecule has 2 aromatic carbocycles. The molecule has 0 saturated carbocycles. The van der Waals surface area contributed by atoms with E-state index in [0.717, 1.165) is 74.4 Å². The lowest BCUT2D eigenvalue weighted by Gasteiger charge is -2.37. The Labute approximate surface area is 199 Å². The van der Waals surface area contributed by atoms with Crippen molar-refractivity contribution in [2.45, 2.75) is 52.9 Å². The molecule has 0 aromatic heterocycles. The van der Waals surface area contributed by atoms with E-state index < -0.39 is 0 Å². The summed E-state index contributed by atoms with van der Waals surface area (Å²) in [5, 5.41) is 9.41. The van der Waals surface area contributed by atoms with Crippen LogP contribution in [0.15, 0.2) is 42.5 Å². The van der Waals surface area contributed by atoms with Gasteiger partial charge in [0.1, 0.15) is 11.9 Å². The van der Waals surface area contributed by atoms with Crippen LogP contribution in [0.25, 0.3) is 0 Å². The zero-order chi connectivity index (χ0) is 23.4. The molecular formula is C29H38FN3. The second-order valence-corrected chi connectivity index (χ2v) is 10.5. The van der Waals surface area contributed by atoms with Crippen LogP contribution in [-0.4, -0.2) is 26.2 Å². The van der Waals surface area contributed by atoms with Gasteiger partial charge in [0, 0.05) is 26.2 Å².